The number of rotatable bonds is 2. The molecule has 1 aromatic heterocycles. The fourth-order valence-electron chi connectivity index (χ4n) is 0.697. The first-order valence-corrected chi connectivity index (χ1v) is 3.77. The Morgan fingerprint density at radius 2 is 2.45 bits per heavy atom. The molecule has 1 rings (SSSR count). The summed E-state index contributed by atoms with van der Waals surface area (Å²) in [6.07, 6.45) is 2.06. The van der Waals surface area contributed by atoms with Crippen molar-refractivity contribution in [1.29, 1.82) is 0 Å². The summed E-state index contributed by atoms with van der Waals surface area (Å²) in [5.41, 5.74) is 0.314. The van der Waals surface area contributed by atoms with E-state index in [-0.39, 0.29) is 6.42 Å². The molecule has 2 nitrogen and oxygen atoms in total. The van der Waals surface area contributed by atoms with Crippen molar-refractivity contribution in [3.63, 3.8) is 0 Å². The van der Waals surface area contributed by atoms with E-state index in [0.29, 0.717) is 16.3 Å². The van der Waals surface area contributed by atoms with Crippen LogP contribution in [0.3, 0.4) is 0 Å². The van der Waals surface area contributed by atoms with Gasteiger partial charge in [-0.25, -0.2) is 4.98 Å². The lowest BCUT2D eigenvalue weighted by atomic mass is 10.2. The molecule has 0 spiro atoms. The number of halogens is 2. The molecule has 58 valence electrons. The predicted molar refractivity (Wildman–Crippen MR) is 41.7 cm³/mol. The minimum atomic E-state index is -0.583. The SMILES string of the molecule is O=CCc1cc(Br)cnc1F. The maximum Gasteiger partial charge on any atom is 0.216 e. The maximum absolute atomic E-state index is 12.7. The Balaban J connectivity index is 3.01. The van der Waals surface area contributed by atoms with Crippen molar-refractivity contribution in [2.24, 2.45) is 0 Å². The summed E-state index contributed by atoms with van der Waals surface area (Å²) in [7, 11) is 0. The Morgan fingerprint density at radius 3 is 3.09 bits per heavy atom. The van der Waals surface area contributed by atoms with E-state index in [1.54, 1.807) is 0 Å². The van der Waals surface area contributed by atoms with E-state index in [2.05, 4.69) is 20.9 Å². The molecule has 11 heavy (non-hydrogen) atoms. The molecule has 4 heteroatoms. The molecule has 0 N–H and O–H groups in total. The van der Waals surface area contributed by atoms with Gasteiger partial charge in [0.25, 0.3) is 0 Å². The van der Waals surface area contributed by atoms with Gasteiger partial charge in [0.1, 0.15) is 6.29 Å². The van der Waals surface area contributed by atoms with E-state index in [1.807, 2.05) is 0 Å². The molecule has 0 saturated heterocycles. The molecule has 0 aromatic carbocycles. The first-order chi connectivity index (χ1) is 5.24. The van der Waals surface area contributed by atoms with Crippen LogP contribution in [-0.2, 0) is 11.2 Å². The Bertz CT molecular complexity index is 277. The van der Waals surface area contributed by atoms with Crippen molar-refractivity contribution in [1.82, 2.24) is 4.98 Å². The van der Waals surface area contributed by atoms with E-state index in [1.165, 1.54) is 12.3 Å². The van der Waals surface area contributed by atoms with E-state index in [0.717, 1.165) is 0 Å². The van der Waals surface area contributed by atoms with Crippen molar-refractivity contribution >= 4 is 22.2 Å². The summed E-state index contributed by atoms with van der Waals surface area (Å²) < 4.78 is 13.3. The number of carbonyl (C=O) groups excluding carboxylic acids is 1. The molecule has 0 bridgehead atoms. The highest BCUT2D eigenvalue weighted by Crippen LogP contribution is 2.12. The van der Waals surface area contributed by atoms with Gasteiger partial charge in [-0.2, -0.15) is 4.39 Å². The molecule has 0 aliphatic rings. The summed E-state index contributed by atoms with van der Waals surface area (Å²) in [6, 6.07) is 1.54. The van der Waals surface area contributed by atoms with Crippen LogP contribution in [0.5, 0.6) is 0 Å². The van der Waals surface area contributed by atoms with Gasteiger partial charge in [0.15, 0.2) is 0 Å². The third kappa shape index (κ3) is 2.08. The minimum absolute atomic E-state index is 0.0677. The number of hydrogen-bond acceptors (Lipinski definition) is 2. The zero-order chi connectivity index (χ0) is 8.27. The summed E-state index contributed by atoms with van der Waals surface area (Å²) in [4.78, 5) is 13.5. The summed E-state index contributed by atoms with van der Waals surface area (Å²) in [5.74, 6) is -0.583. The fraction of sp³-hybridized carbons (Fsp3) is 0.143. The Kier molecular flexibility index (Phi) is 2.70. The highest BCUT2D eigenvalue weighted by atomic mass is 79.9. The maximum atomic E-state index is 12.7. The van der Waals surface area contributed by atoms with Crippen molar-refractivity contribution in [3.8, 4) is 0 Å². The number of nitrogens with zero attached hydrogens (tertiary/aromatic N) is 1. The number of aromatic nitrogens is 1. The molecule has 1 aromatic rings. The van der Waals surface area contributed by atoms with Crippen molar-refractivity contribution in [2.45, 2.75) is 6.42 Å². The smallest absolute Gasteiger partial charge is 0.216 e. The van der Waals surface area contributed by atoms with E-state index < -0.39 is 5.95 Å². The van der Waals surface area contributed by atoms with E-state index in [4.69, 9.17) is 0 Å². The number of carbonyl (C=O) groups is 1. The molecule has 0 aliphatic carbocycles. The molecular weight excluding hydrogens is 213 g/mol. The molecule has 0 atom stereocenters. The lowest BCUT2D eigenvalue weighted by Crippen LogP contribution is -1.94. The van der Waals surface area contributed by atoms with Gasteiger partial charge in [0.2, 0.25) is 5.95 Å². The van der Waals surface area contributed by atoms with Gasteiger partial charge in [-0.15, -0.1) is 0 Å². The molecule has 0 amide bonds. The fourth-order valence-corrected chi connectivity index (χ4v) is 1.08. The van der Waals surface area contributed by atoms with Crippen molar-refractivity contribution < 1.29 is 9.18 Å². The monoisotopic (exact) mass is 217 g/mol. The van der Waals surface area contributed by atoms with Gasteiger partial charge in [-0.3, -0.25) is 0 Å². The number of aldehydes is 1. The molecule has 0 radical (unpaired) electrons. The average Bonchev–Trinajstić information content (AvgIpc) is 1.98. The normalized spacial score (nSPS) is 9.64. The molecule has 1 heterocycles. The predicted octanol–water partition coefficient (Wildman–Crippen LogP) is 1.72. The van der Waals surface area contributed by atoms with Gasteiger partial charge < -0.3 is 4.79 Å². The van der Waals surface area contributed by atoms with Gasteiger partial charge in [0.05, 0.1) is 0 Å². The first kappa shape index (κ1) is 8.33. The second kappa shape index (κ2) is 3.57. The molecule has 0 fully saturated rings. The van der Waals surface area contributed by atoms with Crippen molar-refractivity contribution in [2.75, 3.05) is 0 Å². The summed E-state index contributed by atoms with van der Waals surface area (Å²) >= 11 is 3.12. The largest absolute Gasteiger partial charge is 0.303 e. The highest BCUT2D eigenvalue weighted by molar-refractivity contribution is 9.10. The quantitative estimate of drug-likeness (QED) is 0.558. The minimum Gasteiger partial charge on any atom is -0.303 e. The van der Waals surface area contributed by atoms with Crippen LogP contribution in [0, 0.1) is 5.95 Å². The first-order valence-electron chi connectivity index (χ1n) is 2.97. The van der Waals surface area contributed by atoms with Gasteiger partial charge >= 0.3 is 0 Å². The Morgan fingerprint density at radius 1 is 1.73 bits per heavy atom. The third-order valence-corrected chi connectivity index (χ3v) is 1.62. The van der Waals surface area contributed by atoms with Crippen LogP contribution < -0.4 is 0 Å². The molecular formula is C7H5BrFNO. The Hall–Kier alpha value is -0.770. The second-order valence-corrected chi connectivity index (χ2v) is 2.89. The Labute approximate surface area is 71.6 Å². The van der Waals surface area contributed by atoms with Crippen LogP contribution in [0.15, 0.2) is 16.7 Å². The standard InChI is InChI=1S/C7H5BrFNO/c8-6-3-5(1-2-11)7(9)10-4-6/h2-4H,1H2. The second-order valence-electron chi connectivity index (χ2n) is 1.97. The van der Waals surface area contributed by atoms with Crippen LogP contribution in [0.1, 0.15) is 5.56 Å². The topological polar surface area (TPSA) is 30.0 Å². The van der Waals surface area contributed by atoms with Gasteiger partial charge in [-0.1, -0.05) is 0 Å². The highest BCUT2D eigenvalue weighted by Gasteiger charge is 2.02. The van der Waals surface area contributed by atoms with Crippen molar-refractivity contribution in [3.05, 3.63) is 28.2 Å². The molecule has 0 unspecified atom stereocenters. The summed E-state index contributed by atoms with van der Waals surface area (Å²) in [6.45, 7) is 0. The van der Waals surface area contributed by atoms with Crippen LogP contribution in [0.2, 0.25) is 0 Å². The van der Waals surface area contributed by atoms with Crippen LogP contribution in [0.4, 0.5) is 4.39 Å². The summed E-state index contributed by atoms with van der Waals surface area (Å²) in [5, 5.41) is 0. The molecule has 0 saturated carbocycles. The zero-order valence-corrected chi connectivity index (χ0v) is 7.14. The van der Waals surface area contributed by atoms with E-state index in [9.17, 15) is 9.18 Å². The molecule has 0 aliphatic heterocycles. The lowest BCUT2D eigenvalue weighted by Gasteiger charge is -1.96. The van der Waals surface area contributed by atoms with Crippen LogP contribution in [0.25, 0.3) is 0 Å². The zero-order valence-electron chi connectivity index (χ0n) is 5.55. The van der Waals surface area contributed by atoms with Gasteiger partial charge in [0, 0.05) is 22.7 Å². The number of pyridine rings is 1. The van der Waals surface area contributed by atoms with Gasteiger partial charge in [-0.05, 0) is 22.0 Å². The third-order valence-electron chi connectivity index (χ3n) is 1.18. The van der Waals surface area contributed by atoms with Crippen LogP contribution >= 0.6 is 15.9 Å². The van der Waals surface area contributed by atoms with E-state index >= 15 is 0 Å². The average molecular weight is 218 g/mol. The van der Waals surface area contributed by atoms with Crippen LogP contribution in [-0.4, -0.2) is 11.3 Å². The number of hydrogen-bond donors (Lipinski definition) is 0. The lowest BCUT2D eigenvalue weighted by molar-refractivity contribution is -0.107.